The maximum Gasteiger partial charge on any atom is 0.336 e. The van der Waals surface area contributed by atoms with Gasteiger partial charge in [0.15, 0.2) is 0 Å². The van der Waals surface area contributed by atoms with Gasteiger partial charge in [0.05, 0.1) is 0 Å². The zero-order valence-electron chi connectivity index (χ0n) is 13.2. The lowest BCUT2D eigenvalue weighted by Crippen LogP contribution is -2.53. The molecule has 0 aromatic rings. The number of primary amides is 1. The van der Waals surface area contributed by atoms with Crippen molar-refractivity contribution in [1.29, 1.82) is 0 Å². The number of rotatable bonds is 6. The second kappa shape index (κ2) is 8.08. The Bertz CT molecular complexity index is 483. The van der Waals surface area contributed by atoms with Crippen molar-refractivity contribution in [3.8, 4) is 0 Å². The first kappa shape index (κ1) is 17.4. The quantitative estimate of drug-likeness (QED) is 0.343. The van der Waals surface area contributed by atoms with Crippen molar-refractivity contribution in [2.24, 2.45) is 5.73 Å². The van der Waals surface area contributed by atoms with Crippen LogP contribution in [0.1, 0.15) is 0 Å². The van der Waals surface area contributed by atoms with E-state index in [1.807, 2.05) is 5.43 Å². The molecule has 0 radical (unpaired) electrons. The fraction of sp³-hybridized carbons (Fsp3) is 0.667. The summed E-state index contributed by atoms with van der Waals surface area (Å²) in [6.07, 6.45) is 0. The van der Waals surface area contributed by atoms with E-state index in [9.17, 15) is 19.2 Å². The van der Waals surface area contributed by atoms with Gasteiger partial charge in [0.25, 0.3) is 0 Å². The van der Waals surface area contributed by atoms with Gasteiger partial charge in [-0.1, -0.05) is 0 Å². The number of carbonyl (C=O) groups excluding carboxylic acids is 4. The molecule has 0 aromatic heterocycles. The highest BCUT2D eigenvalue weighted by atomic mass is 16.2. The highest BCUT2D eigenvalue weighted by Crippen LogP contribution is 2.01. The molecular weight excluding hydrogens is 320 g/mol. The predicted molar refractivity (Wildman–Crippen MR) is 82.8 cm³/mol. The van der Waals surface area contributed by atoms with Crippen LogP contribution in [0.3, 0.4) is 0 Å². The first-order valence-corrected chi connectivity index (χ1v) is 7.63. The maximum atomic E-state index is 12.1. The summed E-state index contributed by atoms with van der Waals surface area (Å²) in [6.45, 7) is 3.50. The van der Waals surface area contributed by atoms with Gasteiger partial charge < -0.3 is 31.1 Å². The second-order valence-corrected chi connectivity index (χ2v) is 5.34. The molecule has 0 atom stereocenters. The third kappa shape index (κ3) is 4.79. The Morgan fingerprint density at radius 1 is 1.00 bits per heavy atom. The molecule has 2 fully saturated rings. The Kier molecular flexibility index (Phi) is 5.87. The molecule has 0 spiro atoms. The Balaban J connectivity index is 1.86. The van der Waals surface area contributed by atoms with Crippen molar-refractivity contribution in [3.63, 3.8) is 0 Å². The molecule has 6 N–H and O–H groups in total. The van der Waals surface area contributed by atoms with E-state index >= 15 is 0 Å². The molecule has 2 heterocycles. The molecule has 2 saturated heterocycles. The van der Waals surface area contributed by atoms with Crippen LogP contribution in [0.4, 0.5) is 19.2 Å². The van der Waals surface area contributed by atoms with Crippen LogP contribution in [-0.2, 0) is 0 Å². The van der Waals surface area contributed by atoms with E-state index in [-0.39, 0.29) is 25.2 Å². The van der Waals surface area contributed by atoms with Crippen molar-refractivity contribution in [3.05, 3.63) is 0 Å². The summed E-state index contributed by atoms with van der Waals surface area (Å²) >= 11 is 0. The Hall–Kier alpha value is -2.92. The Morgan fingerprint density at radius 2 is 1.50 bits per heavy atom. The molecule has 0 unspecified atom stereocenters. The summed E-state index contributed by atoms with van der Waals surface area (Å²) in [6, 6.07) is -1.80. The standard InChI is InChI=1S/C12H22N8O4/c13-9(21)16-17-12(24)20(7-5-18-3-1-14-10(18)22)8-6-19-4-2-15-11(19)23/h1-8H2,(H,14,22)(H,15,23)(H,17,24)(H3,13,16,21). The minimum absolute atomic E-state index is 0.176. The van der Waals surface area contributed by atoms with Gasteiger partial charge in [0, 0.05) is 52.4 Å². The van der Waals surface area contributed by atoms with E-state index in [0.717, 1.165) is 0 Å². The number of hydrogen-bond acceptors (Lipinski definition) is 4. The van der Waals surface area contributed by atoms with Gasteiger partial charge >= 0.3 is 24.1 Å². The molecule has 0 aliphatic carbocycles. The first-order valence-electron chi connectivity index (χ1n) is 7.63. The fourth-order valence-electron chi connectivity index (χ4n) is 2.44. The third-order valence-electron chi connectivity index (χ3n) is 3.75. The van der Waals surface area contributed by atoms with Gasteiger partial charge in [0.1, 0.15) is 0 Å². The van der Waals surface area contributed by atoms with Crippen LogP contribution in [-0.4, -0.2) is 91.2 Å². The second-order valence-electron chi connectivity index (χ2n) is 5.34. The fourth-order valence-corrected chi connectivity index (χ4v) is 2.44. The van der Waals surface area contributed by atoms with E-state index in [4.69, 9.17) is 5.73 Å². The van der Waals surface area contributed by atoms with Gasteiger partial charge in [-0.25, -0.2) is 30.0 Å². The lowest BCUT2D eigenvalue weighted by Gasteiger charge is -2.27. The van der Waals surface area contributed by atoms with Crippen LogP contribution in [0.15, 0.2) is 0 Å². The normalized spacial score (nSPS) is 16.7. The van der Waals surface area contributed by atoms with E-state index in [0.29, 0.717) is 39.3 Å². The third-order valence-corrected chi connectivity index (χ3v) is 3.75. The molecule has 8 amide bonds. The molecular formula is C12H22N8O4. The van der Waals surface area contributed by atoms with Gasteiger partial charge in [-0.3, -0.25) is 0 Å². The van der Waals surface area contributed by atoms with Gasteiger partial charge in [-0.05, 0) is 0 Å². The minimum Gasteiger partial charge on any atom is -0.350 e. The van der Waals surface area contributed by atoms with Crippen molar-refractivity contribution in [2.75, 3.05) is 52.4 Å². The SMILES string of the molecule is NC(=O)NNC(=O)N(CCN1CCNC1=O)CCN1CCNC1=O. The van der Waals surface area contributed by atoms with Crippen molar-refractivity contribution >= 4 is 24.1 Å². The number of carbonyl (C=O) groups is 4. The van der Waals surface area contributed by atoms with Gasteiger partial charge in [-0.15, -0.1) is 0 Å². The highest BCUT2D eigenvalue weighted by molar-refractivity contribution is 5.80. The monoisotopic (exact) mass is 342 g/mol. The van der Waals surface area contributed by atoms with E-state index in [2.05, 4.69) is 16.1 Å². The molecule has 2 rings (SSSR count). The average molecular weight is 342 g/mol. The summed E-state index contributed by atoms with van der Waals surface area (Å²) in [5.74, 6) is 0. The van der Waals surface area contributed by atoms with Crippen molar-refractivity contribution < 1.29 is 19.2 Å². The summed E-state index contributed by atoms with van der Waals surface area (Å²) in [5.41, 5.74) is 9.11. The summed E-state index contributed by atoms with van der Waals surface area (Å²) < 4.78 is 0. The topological polar surface area (TPSA) is 152 Å². The van der Waals surface area contributed by atoms with E-state index in [1.54, 1.807) is 9.80 Å². The van der Waals surface area contributed by atoms with Crippen LogP contribution in [0.2, 0.25) is 0 Å². The number of hydrazine groups is 1. The molecule has 0 saturated carbocycles. The van der Waals surface area contributed by atoms with Crippen LogP contribution in [0.25, 0.3) is 0 Å². The zero-order valence-corrected chi connectivity index (χ0v) is 13.2. The predicted octanol–water partition coefficient (Wildman–Crippen LogP) is -2.37. The largest absolute Gasteiger partial charge is 0.350 e. The number of amides is 8. The average Bonchev–Trinajstić information content (AvgIpc) is 3.13. The van der Waals surface area contributed by atoms with Crippen LogP contribution in [0, 0.1) is 0 Å². The molecule has 24 heavy (non-hydrogen) atoms. The van der Waals surface area contributed by atoms with Crippen LogP contribution >= 0.6 is 0 Å². The smallest absolute Gasteiger partial charge is 0.336 e. The van der Waals surface area contributed by atoms with Gasteiger partial charge in [0.2, 0.25) is 0 Å². The number of hydrogen-bond donors (Lipinski definition) is 5. The molecule has 12 nitrogen and oxygen atoms in total. The molecule has 2 aliphatic heterocycles. The molecule has 134 valence electrons. The summed E-state index contributed by atoms with van der Waals surface area (Å²) in [4.78, 5) is 50.5. The number of urea groups is 4. The summed E-state index contributed by atoms with van der Waals surface area (Å²) in [5, 5.41) is 5.36. The molecule has 0 bridgehead atoms. The lowest BCUT2D eigenvalue weighted by atomic mass is 10.4. The zero-order chi connectivity index (χ0) is 17.5. The summed E-state index contributed by atoms with van der Waals surface area (Å²) in [7, 11) is 0. The molecule has 0 aromatic carbocycles. The number of nitrogens with one attached hydrogen (secondary N) is 4. The van der Waals surface area contributed by atoms with Crippen molar-refractivity contribution in [1.82, 2.24) is 36.2 Å². The van der Waals surface area contributed by atoms with Crippen LogP contribution < -0.4 is 27.2 Å². The van der Waals surface area contributed by atoms with Gasteiger partial charge in [-0.2, -0.15) is 0 Å². The Labute approximate surface area is 138 Å². The van der Waals surface area contributed by atoms with Crippen molar-refractivity contribution in [2.45, 2.75) is 0 Å². The molecule has 12 heteroatoms. The lowest BCUT2D eigenvalue weighted by molar-refractivity contribution is 0.172. The van der Waals surface area contributed by atoms with E-state index < -0.39 is 12.1 Å². The minimum atomic E-state index is -0.888. The molecule has 2 aliphatic rings. The van der Waals surface area contributed by atoms with Crippen LogP contribution in [0.5, 0.6) is 0 Å². The number of nitrogens with two attached hydrogens (primary N) is 1. The van der Waals surface area contributed by atoms with E-state index in [1.165, 1.54) is 4.90 Å². The number of nitrogens with zero attached hydrogens (tertiary/aromatic N) is 3. The Morgan fingerprint density at radius 3 is 1.88 bits per heavy atom. The maximum absolute atomic E-state index is 12.1. The highest BCUT2D eigenvalue weighted by Gasteiger charge is 2.24. The first-order chi connectivity index (χ1) is 11.5.